The third-order valence-corrected chi connectivity index (χ3v) is 4.85. The van der Waals surface area contributed by atoms with Crippen LogP contribution in [0.25, 0.3) is 16.7 Å². The van der Waals surface area contributed by atoms with Crippen LogP contribution in [0.3, 0.4) is 0 Å². The summed E-state index contributed by atoms with van der Waals surface area (Å²) < 4.78 is 19.4. The SMILES string of the molecule is CCOC(=O)CNC(=O)CSc1nc2cc(C)[nH]c2c(=O)n1-c1ccc(F)cc1. The molecule has 0 spiro atoms. The number of amides is 1. The van der Waals surface area contributed by atoms with Crippen molar-refractivity contribution >= 4 is 34.7 Å². The normalized spacial score (nSPS) is 10.9. The van der Waals surface area contributed by atoms with Gasteiger partial charge in [0.15, 0.2) is 5.16 Å². The van der Waals surface area contributed by atoms with Crippen LogP contribution in [0.2, 0.25) is 0 Å². The first-order chi connectivity index (χ1) is 13.9. The summed E-state index contributed by atoms with van der Waals surface area (Å²) in [6.07, 6.45) is 0. The highest BCUT2D eigenvalue weighted by Crippen LogP contribution is 2.21. The van der Waals surface area contributed by atoms with E-state index in [1.165, 1.54) is 28.8 Å². The summed E-state index contributed by atoms with van der Waals surface area (Å²) in [6, 6.07) is 7.14. The number of carbonyl (C=O) groups is 2. The van der Waals surface area contributed by atoms with Gasteiger partial charge in [-0.15, -0.1) is 0 Å². The zero-order valence-corrected chi connectivity index (χ0v) is 16.6. The number of hydrogen-bond donors (Lipinski definition) is 2. The molecule has 0 aliphatic carbocycles. The standard InChI is InChI=1S/C19H19FN4O4S/c1-3-28-16(26)9-21-15(25)10-29-19-23-14-8-11(2)22-17(14)18(27)24(19)13-6-4-12(20)5-7-13/h4-8,22H,3,9-10H2,1-2H3,(H,21,25). The van der Waals surface area contributed by atoms with Gasteiger partial charge in [-0.2, -0.15) is 0 Å². The van der Waals surface area contributed by atoms with Crippen LogP contribution in [-0.4, -0.2) is 45.3 Å². The van der Waals surface area contributed by atoms with Crippen molar-refractivity contribution in [2.24, 2.45) is 0 Å². The van der Waals surface area contributed by atoms with E-state index >= 15 is 0 Å². The Labute approximate surface area is 169 Å². The molecule has 0 bridgehead atoms. The Balaban J connectivity index is 1.88. The van der Waals surface area contributed by atoms with Crippen molar-refractivity contribution in [3.8, 4) is 5.69 Å². The Kier molecular flexibility index (Phi) is 6.32. The minimum atomic E-state index is -0.531. The number of nitrogens with one attached hydrogen (secondary N) is 2. The molecule has 0 fully saturated rings. The molecule has 29 heavy (non-hydrogen) atoms. The molecule has 8 nitrogen and oxygen atoms in total. The molecule has 0 aliphatic heterocycles. The minimum Gasteiger partial charge on any atom is -0.465 e. The van der Waals surface area contributed by atoms with Gasteiger partial charge >= 0.3 is 5.97 Å². The van der Waals surface area contributed by atoms with Gasteiger partial charge in [-0.25, -0.2) is 9.37 Å². The summed E-state index contributed by atoms with van der Waals surface area (Å²) >= 11 is 1.04. The highest BCUT2D eigenvalue weighted by atomic mass is 32.2. The van der Waals surface area contributed by atoms with Crippen molar-refractivity contribution in [1.29, 1.82) is 0 Å². The second kappa shape index (κ2) is 8.91. The lowest BCUT2D eigenvalue weighted by molar-refractivity contribution is -0.143. The molecule has 2 aromatic heterocycles. The number of halogens is 1. The van der Waals surface area contributed by atoms with Crippen LogP contribution in [0.4, 0.5) is 4.39 Å². The molecule has 1 aromatic carbocycles. The Morgan fingerprint density at radius 1 is 1.31 bits per heavy atom. The van der Waals surface area contributed by atoms with Gasteiger partial charge in [0.2, 0.25) is 5.91 Å². The summed E-state index contributed by atoms with van der Waals surface area (Å²) in [4.78, 5) is 43.9. The van der Waals surface area contributed by atoms with Crippen LogP contribution in [-0.2, 0) is 14.3 Å². The number of aromatic amines is 1. The van der Waals surface area contributed by atoms with E-state index in [0.717, 1.165) is 17.5 Å². The highest BCUT2D eigenvalue weighted by molar-refractivity contribution is 7.99. The van der Waals surface area contributed by atoms with E-state index in [-0.39, 0.29) is 29.6 Å². The maximum atomic E-state index is 13.3. The summed E-state index contributed by atoms with van der Waals surface area (Å²) in [5.41, 5.74) is 1.63. The maximum Gasteiger partial charge on any atom is 0.325 e. The van der Waals surface area contributed by atoms with Gasteiger partial charge < -0.3 is 15.0 Å². The highest BCUT2D eigenvalue weighted by Gasteiger charge is 2.16. The quantitative estimate of drug-likeness (QED) is 0.345. The number of aromatic nitrogens is 3. The number of benzene rings is 1. The minimum absolute atomic E-state index is 0.0675. The zero-order chi connectivity index (χ0) is 21.0. The lowest BCUT2D eigenvalue weighted by Gasteiger charge is -2.12. The van der Waals surface area contributed by atoms with Crippen molar-refractivity contribution in [2.45, 2.75) is 19.0 Å². The molecule has 0 saturated heterocycles. The van der Waals surface area contributed by atoms with Crippen molar-refractivity contribution in [3.63, 3.8) is 0 Å². The van der Waals surface area contributed by atoms with Gasteiger partial charge in [0.25, 0.3) is 5.56 Å². The van der Waals surface area contributed by atoms with E-state index in [9.17, 15) is 18.8 Å². The molecule has 10 heteroatoms. The van der Waals surface area contributed by atoms with Gasteiger partial charge in [0.1, 0.15) is 17.9 Å². The van der Waals surface area contributed by atoms with Crippen LogP contribution in [0.5, 0.6) is 0 Å². The van der Waals surface area contributed by atoms with Crippen LogP contribution in [0.1, 0.15) is 12.6 Å². The Hall–Kier alpha value is -3.14. The topological polar surface area (TPSA) is 106 Å². The summed E-state index contributed by atoms with van der Waals surface area (Å²) in [7, 11) is 0. The first-order valence-electron chi connectivity index (χ1n) is 8.82. The average molecular weight is 418 g/mol. The van der Waals surface area contributed by atoms with E-state index in [1.807, 2.05) is 0 Å². The molecule has 0 unspecified atom stereocenters. The van der Waals surface area contributed by atoms with Crippen LogP contribution in [0.15, 0.2) is 40.3 Å². The number of nitrogens with zero attached hydrogens (tertiary/aromatic N) is 2. The monoisotopic (exact) mass is 418 g/mol. The van der Waals surface area contributed by atoms with Gasteiger partial charge in [0.05, 0.1) is 23.6 Å². The molecular formula is C19H19FN4O4S. The number of H-pyrrole nitrogens is 1. The number of fused-ring (bicyclic) bond motifs is 1. The molecule has 0 aliphatic rings. The van der Waals surface area contributed by atoms with Crippen LogP contribution in [0, 0.1) is 12.7 Å². The fraction of sp³-hybridized carbons (Fsp3) is 0.263. The maximum absolute atomic E-state index is 13.3. The second-order valence-corrected chi connectivity index (χ2v) is 7.04. The predicted molar refractivity (Wildman–Crippen MR) is 107 cm³/mol. The Morgan fingerprint density at radius 3 is 2.72 bits per heavy atom. The Bertz CT molecular complexity index is 1110. The first-order valence-corrected chi connectivity index (χ1v) is 9.81. The molecule has 0 saturated carbocycles. The molecule has 3 rings (SSSR count). The molecule has 0 radical (unpaired) electrons. The number of carbonyl (C=O) groups excluding carboxylic acids is 2. The predicted octanol–water partition coefficient (Wildman–Crippen LogP) is 1.93. The lowest BCUT2D eigenvalue weighted by Crippen LogP contribution is -2.32. The molecule has 2 heterocycles. The lowest BCUT2D eigenvalue weighted by atomic mass is 10.3. The number of hydrogen-bond acceptors (Lipinski definition) is 6. The number of esters is 1. The van der Waals surface area contributed by atoms with E-state index in [1.54, 1.807) is 19.9 Å². The molecule has 2 N–H and O–H groups in total. The fourth-order valence-electron chi connectivity index (χ4n) is 2.66. The molecule has 3 aromatic rings. The van der Waals surface area contributed by atoms with Gasteiger partial charge in [-0.05, 0) is 44.2 Å². The Morgan fingerprint density at radius 2 is 2.03 bits per heavy atom. The third kappa shape index (κ3) is 4.83. The molecule has 0 atom stereocenters. The number of rotatable bonds is 7. The van der Waals surface area contributed by atoms with Gasteiger partial charge in [0, 0.05) is 5.69 Å². The van der Waals surface area contributed by atoms with Crippen LogP contribution < -0.4 is 10.9 Å². The number of aryl methyl sites for hydroxylation is 1. The van der Waals surface area contributed by atoms with Crippen molar-refractivity contribution in [3.05, 3.63) is 52.2 Å². The van der Waals surface area contributed by atoms with Gasteiger partial charge in [-0.3, -0.25) is 19.0 Å². The summed E-state index contributed by atoms with van der Waals surface area (Å²) in [5, 5.41) is 2.73. The average Bonchev–Trinajstić information content (AvgIpc) is 3.07. The van der Waals surface area contributed by atoms with Crippen LogP contribution >= 0.6 is 11.8 Å². The smallest absolute Gasteiger partial charge is 0.325 e. The van der Waals surface area contributed by atoms with E-state index in [2.05, 4.69) is 15.3 Å². The van der Waals surface area contributed by atoms with Crippen molar-refractivity contribution < 1.29 is 18.7 Å². The van der Waals surface area contributed by atoms with Gasteiger partial charge in [-0.1, -0.05) is 11.8 Å². The third-order valence-electron chi connectivity index (χ3n) is 3.91. The molecule has 152 valence electrons. The fourth-order valence-corrected chi connectivity index (χ4v) is 3.50. The summed E-state index contributed by atoms with van der Waals surface area (Å²) in [5.74, 6) is -1.44. The molecule has 1 amide bonds. The van der Waals surface area contributed by atoms with E-state index in [4.69, 9.17) is 4.74 Å². The zero-order valence-electron chi connectivity index (χ0n) is 15.8. The molecular weight excluding hydrogens is 399 g/mol. The van der Waals surface area contributed by atoms with Crippen molar-refractivity contribution in [2.75, 3.05) is 18.9 Å². The van der Waals surface area contributed by atoms with E-state index < -0.39 is 17.7 Å². The van der Waals surface area contributed by atoms with Crippen molar-refractivity contribution in [1.82, 2.24) is 19.9 Å². The number of ether oxygens (including phenoxy) is 1. The number of thioether (sulfide) groups is 1. The first kappa shape index (κ1) is 20.6. The largest absolute Gasteiger partial charge is 0.465 e. The second-order valence-electron chi connectivity index (χ2n) is 6.09. The summed E-state index contributed by atoms with van der Waals surface area (Å²) in [6.45, 7) is 3.47. The van der Waals surface area contributed by atoms with E-state index in [0.29, 0.717) is 16.7 Å².